The molecule has 0 bridgehead atoms. The molecule has 4 rings (SSSR count). The van der Waals surface area contributed by atoms with Crippen molar-refractivity contribution in [3.8, 4) is 0 Å². The number of aryl methyl sites for hydroxylation is 2. The minimum absolute atomic E-state index is 0.0309. The first-order chi connectivity index (χ1) is 14.3. The van der Waals surface area contributed by atoms with E-state index in [9.17, 15) is 13.2 Å². The number of rotatable bonds is 6. The van der Waals surface area contributed by atoms with Crippen LogP contribution < -0.4 is 0 Å². The maximum absolute atomic E-state index is 12.8. The van der Waals surface area contributed by atoms with Crippen LogP contribution in [0.2, 0.25) is 5.02 Å². The Bertz CT molecular complexity index is 1350. The molecule has 0 saturated carbocycles. The van der Waals surface area contributed by atoms with E-state index in [0.29, 0.717) is 29.1 Å². The number of aromatic amines is 1. The molecule has 6 nitrogen and oxygen atoms in total. The molecule has 0 atom stereocenters. The average Bonchev–Trinajstić information content (AvgIpc) is 3.22. The van der Waals surface area contributed by atoms with Gasteiger partial charge in [-0.15, -0.1) is 0 Å². The lowest BCUT2D eigenvalue weighted by Crippen LogP contribution is -2.04. The Morgan fingerprint density at radius 2 is 1.77 bits per heavy atom. The van der Waals surface area contributed by atoms with E-state index in [4.69, 9.17) is 11.6 Å². The minimum atomic E-state index is -3.65. The minimum Gasteiger partial charge on any atom is -0.294 e. The van der Waals surface area contributed by atoms with E-state index in [1.165, 1.54) is 12.3 Å². The molecule has 152 valence electrons. The number of sulfone groups is 1. The van der Waals surface area contributed by atoms with Crippen molar-refractivity contribution in [2.45, 2.75) is 29.6 Å². The fraction of sp³-hybridized carbons (Fsp3) is 0.136. The highest BCUT2D eigenvalue weighted by molar-refractivity contribution is 7.91. The van der Waals surface area contributed by atoms with Crippen LogP contribution in [0.25, 0.3) is 11.0 Å². The molecule has 0 saturated heterocycles. The number of halogens is 1. The molecule has 2 aromatic heterocycles. The second kappa shape index (κ2) is 8.01. The summed E-state index contributed by atoms with van der Waals surface area (Å²) >= 11 is 6.07. The lowest BCUT2D eigenvalue weighted by Gasteiger charge is -2.08. The molecule has 1 N–H and O–H groups in total. The summed E-state index contributed by atoms with van der Waals surface area (Å²) in [5.74, 6) is -0.0309. The lowest BCUT2D eigenvalue weighted by molar-refractivity contribution is 0.0982. The first-order valence-electron chi connectivity index (χ1n) is 9.27. The number of aromatic nitrogens is 3. The molecule has 0 spiro atoms. The van der Waals surface area contributed by atoms with Gasteiger partial charge in [-0.2, -0.15) is 5.10 Å². The second-order valence-corrected chi connectivity index (χ2v) is 9.37. The summed E-state index contributed by atoms with van der Waals surface area (Å²) < 4.78 is 25.6. The van der Waals surface area contributed by atoms with Gasteiger partial charge in [-0.05, 0) is 54.8 Å². The third-order valence-corrected chi connectivity index (χ3v) is 7.12. The first-order valence-corrected chi connectivity index (χ1v) is 11.1. The molecule has 0 radical (unpaired) electrons. The van der Waals surface area contributed by atoms with Gasteiger partial charge in [-0.25, -0.2) is 13.4 Å². The summed E-state index contributed by atoms with van der Waals surface area (Å²) in [5, 5.41) is 7.84. The van der Waals surface area contributed by atoms with Gasteiger partial charge in [0, 0.05) is 28.6 Å². The maximum atomic E-state index is 12.8. The monoisotopic (exact) mass is 439 g/mol. The van der Waals surface area contributed by atoms with Crippen LogP contribution in [0.1, 0.15) is 27.9 Å². The molecule has 0 aliphatic rings. The third-order valence-electron chi connectivity index (χ3n) is 4.94. The van der Waals surface area contributed by atoms with E-state index in [0.717, 1.165) is 16.5 Å². The number of H-pyrrole nitrogens is 1. The van der Waals surface area contributed by atoms with E-state index < -0.39 is 9.84 Å². The van der Waals surface area contributed by atoms with Gasteiger partial charge >= 0.3 is 0 Å². The summed E-state index contributed by atoms with van der Waals surface area (Å²) in [5.41, 5.74) is 2.86. The van der Waals surface area contributed by atoms with E-state index >= 15 is 0 Å². The van der Waals surface area contributed by atoms with E-state index in [1.54, 1.807) is 48.7 Å². The van der Waals surface area contributed by atoms with E-state index in [-0.39, 0.29) is 15.6 Å². The van der Waals surface area contributed by atoms with Crippen LogP contribution >= 0.6 is 11.6 Å². The lowest BCUT2D eigenvalue weighted by atomic mass is 10.0. The second-order valence-electron chi connectivity index (χ2n) is 7.01. The van der Waals surface area contributed by atoms with Crippen molar-refractivity contribution in [2.75, 3.05) is 0 Å². The largest absolute Gasteiger partial charge is 0.294 e. The van der Waals surface area contributed by atoms with Crippen molar-refractivity contribution in [3.63, 3.8) is 0 Å². The number of carbonyl (C=O) groups excluding carboxylic acids is 1. The van der Waals surface area contributed by atoms with Crippen LogP contribution in [-0.4, -0.2) is 29.4 Å². The summed E-state index contributed by atoms with van der Waals surface area (Å²) in [6, 6.07) is 13.0. The number of benzene rings is 2. The van der Waals surface area contributed by atoms with Crippen molar-refractivity contribution < 1.29 is 13.2 Å². The predicted octanol–water partition coefficient (Wildman–Crippen LogP) is 4.57. The molecular weight excluding hydrogens is 422 g/mol. The predicted molar refractivity (Wildman–Crippen MR) is 115 cm³/mol. The molecule has 2 heterocycles. The molecule has 30 heavy (non-hydrogen) atoms. The first kappa shape index (κ1) is 20.3. The number of Topliss-reactive ketones (excluding diaryl/α,β-unsaturated/α-hetero) is 1. The molecule has 0 fully saturated rings. The quantitative estimate of drug-likeness (QED) is 0.444. The topological polar surface area (TPSA) is 92.8 Å². The highest BCUT2D eigenvalue weighted by Gasteiger charge is 2.18. The van der Waals surface area contributed by atoms with Crippen molar-refractivity contribution in [1.82, 2.24) is 15.2 Å². The molecule has 0 unspecified atom stereocenters. The van der Waals surface area contributed by atoms with Crippen molar-refractivity contribution >= 4 is 38.3 Å². The number of carbonyl (C=O) groups is 1. The Hall–Kier alpha value is -3.03. The van der Waals surface area contributed by atoms with Gasteiger partial charge in [-0.3, -0.25) is 9.89 Å². The zero-order valence-electron chi connectivity index (χ0n) is 16.1. The number of hydrogen-bond acceptors (Lipinski definition) is 5. The Labute approximate surface area is 178 Å². The van der Waals surface area contributed by atoms with E-state index in [2.05, 4.69) is 15.2 Å². The van der Waals surface area contributed by atoms with Crippen LogP contribution in [0.3, 0.4) is 0 Å². The number of nitrogens with one attached hydrogen (secondary N) is 1. The Kier molecular flexibility index (Phi) is 5.40. The van der Waals surface area contributed by atoms with Crippen LogP contribution in [-0.2, 0) is 16.3 Å². The van der Waals surface area contributed by atoms with Gasteiger partial charge in [0.2, 0.25) is 9.84 Å². The standard InChI is InChI=1S/C22H18ClN3O3S/c1-14-2-6-19(11-20(14)23)30(28,29)18-7-3-15(4-8-18)5-9-21(27)16-10-17-13-25-26-22(17)24-12-16/h2-4,6-8,10-13H,5,9H2,1H3,(H,24,25,26). The highest BCUT2D eigenvalue weighted by atomic mass is 35.5. The average molecular weight is 440 g/mol. The van der Waals surface area contributed by atoms with Crippen LogP contribution in [0.4, 0.5) is 0 Å². The fourth-order valence-corrected chi connectivity index (χ4v) is 4.64. The SMILES string of the molecule is Cc1ccc(S(=O)(=O)c2ccc(CCC(=O)c3cnc4[nH]ncc4c3)cc2)cc1Cl. The summed E-state index contributed by atoms with van der Waals surface area (Å²) in [6.07, 6.45) is 3.95. The van der Waals surface area contributed by atoms with E-state index in [1.807, 2.05) is 6.92 Å². The van der Waals surface area contributed by atoms with Gasteiger partial charge in [-0.1, -0.05) is 29.8 Å². The third kappa shape index (κ3) is 3.99. The van der Waals surface area contributed by atoms with Crippen molar-refractivity contribution in [2.24, 2.45) is 0 Å². The molecule has 0 aliphatic heterocycles. The summed E-state index contributed by atoms with van der Waals surface area (Å²) in [7, 11) is -3.65. The van der Waals surface area contributed by atoms with Crippen LogP contribution in [0.5, 0.6) is 0 Å². The van der Waals surface area contributed by atoms with Gasteiger partial charge < -0.3 is 0 Å². The molecule has 0 aliphatic carbocycles. The van der Waals surface area contributed by atoms with Gasteiger partial charge in [0.25, 0.3) is 0 Å². The normalized spacial score (nSPS) is 11.7. The molecular formula is C22H18ClN3O3S. The Morgan fingerprint density at radius 3 is 2.50 bits per heavy atom. The van der Waals surface area contributed by atoms with Gasteiger partial charge in [0.1, 0.15) is 0 Å². The van der Waals surface area contributed by atoms with Gasteiger partial charge in [0.05, 0.1) is 16.0 Å². The van der Waals surface area contributed by atoms with Crippen LogP contribution in [0, 0.1) is 6.92 Å². The molecule has 2 aromatic carbocycles. The summed E-state index contributed by atoms with van der Waals surface area (Å²) in [4.78, 5) is 17.0. The smallest absolute Gasteiger partial charge is 0.206 e. The summed E-state index contributed by atoms with van der Waals surface area (Å²) in [6.45, 7) is 1.82. The molecule has 0 amide bonds. The van der Waals surface area contributed by atoms with Crippen molar-refractivity contribution in [3.05, 3.63) is 82.6 Å². The van der Waals surface area contributed by atoms with Crippen molar-refractivity contribution in [1.29, 1.82) is 0 Å². The van der Waals surface area contributed by atoms with Crippen LogP contribution in [0.15, 0.2) is 70.7 Å². The number of hydrogen-bond donors (Lipinski definition) is 1. The Morgan fingerprint density at radius 1 is 1.03 bits per heavy atom. The molecule has 4 aromatic rings. The Balaban J connectivity index is 1.46. The number of fused-ring (bicyclic) bond motifs is 1. The number of pyridine rings is 1. The highest BCUT2D eigenvalue weighted by Crippen LogP contribution is 2.26. The zero-order chi connectivity index (χ0) is 21.3. The number of nitrogens with zero attached hydrogens (tertiary/aromatic N) is 2. The maximum Gasteiger partial charge on any atom is 0.206 e. The van der Waals surface area contributed by atoms with Gasteiger partial charge in [0.15, 0.2) is 11.4 Å². The number of ketones is 1. The zero-order valence-corrected chi connectivity index (χ0v) is 17.7. The molecule has 8 heteroatoms. The fourth-order valence-electron chi connectivity index (χ4n) is 3.10.